The molecule has 0 bridgehead atoms. The Kier molecular flexibility index (Phi) is 9.40. The predicted molar refractivity (Wildman–Crippen MR) is 242 cm³/mol. The van der Waals surface area contributed by atoms with Gasteiger partial charge in [-0.25, -0.2) is 9.97 Å². The van der Waals surface area contributed by atoms with Crippen molar-refractivity contribution in [1.82, 2.24) is 19.1 Å². The van der Waals surface area contributed by atoms with Crippen molar-refractivity contribution in [3.05, 3.63) is 218 Å². The zero-order valence-electron chi connectivity index (χ0n) is 32.5. The van der Waals surface area contributed by atoms with Gasteiger partial charge in [0.15, 0.2) is 0 Å². The van der Waals surface area contributed by atoms with E-state index >= 15 is 0 Å². The Labute approximate surface area is 348 Å². The van der Waals surface area contributed by atoms with E-state index in [-0.39, 0.29) is 11.5 Å². The summed E-state index contributed by atoms with van der Waals surface area (Å²) in [5.41, 5.74) is 12.7. The Morgan fingerprint density at radius 1 is 0.283 bits per heavy atom. The number of aromatic nitrogens is 4. The van der Waals surface area contributed by atoms with Crippen molar-refractivity contribution < 1.29 is 10.2 Å². The molecule has 0 aliphatic carbocycles. The van der Waals surface area contributed by atoms with Crippen LogP contribution >= 0.6 is 0 Å². The van der Waals surface area contributed by atoms with Gasteiger partial charge in [-0.1, -0.05) is 170 Å². The van der Waals surface area contributed by atoms with Gasteiger partial charge < -0.3 is 10.2 Å². The minimum atomic E-state index is 0.162. The molecule has 286 valence electrons. The molecular formula is C54H38N4O2. The van der Waals surface area contributed by atoms with Gasteiger partial charge in [0.05, 0.1) is 33.9 Å². The zero-order chi connectivity index (χ0) is 40.4. The highest BCUT2D eigenvalue weighted by Crippen LogP contribution is 2.43. The number of nitrogens with zero attached hydrogens (tertiary/aromatic N) is 4. The minimum Gasteiger partial charge on any atom is -0.507 e. The van der Waals surface area contributed by atoms with E-state index in [4.69, 9.17) is 9.97 Å². The van der Waals surface area contributed by atoms with Crippen LogP contribution in [0.2, 0.25) is 0 Å². The summed E-state index contributed by atoms with van der Waals surface area (Å²) in [4.78, 5) is 10.5. The lowest BCUT2D eigenvalue weighted by Crippen LogP contribution is -2.01. The lowest BCUT2D eigenvalue weighted by Gasteiger charge is -2.16. The standard InChI is InChI=1S/C54H38N4O2/c59-47-27-15-13-25-45(47)53-55-49(39-17-5-1-6-18-39)51(41-21-9-3-10-22-41)57(53)43-33-29-37(30-34-43)38-31-35-44(36-32-38)58-52(42-23-11-4-12-24-42)50(40-19-7-2-8-20-40)56-54(58)46-26-14-16-28-48(46)60/h1-36,59-60H. The van der Waals surface area contributed by atoms with E-state index < -0.39 is 0 Å². The second kappa shape index (κ2) is 15.6. The summed E-state index contributed by atoms with van der Waals surface area (Å²) < 4.78 is 4.29. The van der Waals surface area contributed by atoms with Crippen molar-refractivity contribution in [3.63, 3.8) is 0 Å². The molecule has 8 aromatic carbocycles. The fourth-order valence-electron chi connectivity index (χ4n) is 7.96. The molecule has 0 spiro atoms. The quantitative estimate of drug-likeness (QED) is 0.153. The molecule has 0 saturated carbocycles. The van der Waals surface area contributed by atoms with Crippen LogP contribution in [0.15, 0.2) is 218 Å². The maximum Gasteiger partial charge on any atom is 0.149 e. The normalized spacial score (nSPS) is 11.1. The maximum absolute atomic E-state index is 11.1. The van der Waals surface area contributed by atoms with Crippen LogP contribution in [0, 0.1) is 0 Å². The lowest BCUT2D eigenvalue weighted by molar-refractivity contribution is 0.476. The third-order valence-electron chi connectivity index (χ3n) is 10.8. The van der Waals surface area contributed by atoms with E-state index in [0.29, 0.717) is 22.8 Å². The summed E-state index contributed by atoms with van der Waals surface area (Å²) in [5, 5.41) is 22.3. The SMILES string of the molecule is Oc1ccccc1-c1nc(-c2ccccc2)c(-c2ccccc2)n1-c1ccc(-c2ccc(-n3c(-c4ccccc4O)nc(-c4ccccc4)c3-c3ccccc3)cc2)cc1. The fourth-order valence-corrected chi connectivity index (χ4v) is 7.96. The number of phenolic OH excluding ortho intramolecular Hbond substituents is 2. The third kappa shape index (κ3) is 6.62. The van der Waals surface area contributed by atoms with Gasteiger partial charge in [-0.2, -0.15) is 0 Å². The Morgan fingerprint density at radius 3 is 0.917 bits per heavy atom. The smallest absolute Gasteiger partial charge is 0.149 e. The summed E-state index contributed by atoms with van der Waals surface area (Å²) in [5.74, 6) is 1.62. The van der Waals surface area contributed by atoms with Crippen LogP contribution in [0.5, 0.6) is 11.5 Å². The average Bonchev–Trinajstić information content (AvgIpc) is 3.91. The number of benzene rings is 8. The number of aromatic hydroxyl groups is 2. The topological polar surface area (TPSA) is 76.1 Å². The molecule has 2 N–H and O–H groups in total. The first-order valence-electron chi connectivity index (χ1n) is 19.9. The van der Waals surface area contributed by atoms with Gasteiger partial charge in [-0.05, 0) is 59.7 Å². The van der Waals surface area contributed by atoms with Crippen LogP contribution in [-0.4, -0.2) is 29.3 Å². The highest BCUT2D eigenvalue weighted by molar-refractivity contribution is 5.87. The van der Waals surface area contributed by atoms with Crippen LogP contribution in [0.1, 0.15) is 0 Å². The number of rotatable bonds is 9. The summed E-state index contributed by atoms with van der Waals surface area (Å²) in [6.45, 7) is 0. The summed E-state index contributed by atoms with van der Waals surface area (Å²) >= 11 is 0. The maximum atomic E-state index is 11.1. The molecular weight excluding hydrogens is 737 g/mol. The Balaban J connectivity index is 1.10. The molecule has 2 aromatic heterocycles. The number of para-hydroxylation sites is 2. The minimum absolute atomic E-state index is 0.162. The van der Waals surface area contributed by atoms with Crippen molar-refractivity contribution in [2.45, 2.75) is 0 Å². The fraction of sp³-hybridized carbons (Fsp3) is 0. The molecule has 60 heavy (non-hydrogen) atoms. The van der Waals surface area contributed by atoms with Gasteiger partial charge in [0, 0.05) is 33.6 Å². The first kappa shape index (κ1) is 36.1. The van der Waals surface area contributed by atoms with E-state index in [2.05, 4.69) is 106 Å². The third-order valence-corrected chi connectivity index (χ3v) is 10.8. The van der Waals surface area contributed by atoms with Crippen molar-refractivity contribution in [3.8, 4) is 102 Å². The van der Waals surface area contributed by atoms with Gasteiger partial charge in [0.1, 0.15) is 23.1 Å². The van der Waals surface area contributed by atoms with E-state index in [1.165, 1.54) is 0 Å². The predicted octanol–water partition coefficient (Wildman–Crippen LogP) is 13.1. The molecule has 0 fully saturated rings. The zero-order valence-corrected chi connectivity index (χ0v) is 32.5. The summed E-state index contributed by atoms with van der Waals surface area (Å²) in [7, 11) is 0. The summed E-state index contributed by atoms with van der Waals surface area (Å²) in [6.07, 6.45) is 0. The monoisotopic (exact) mass is 774 g/mol. The van der Waals surface area contributed by atoms with E-state index in [1.54, 1.807) is 12.1 Å². The molecule has 2 heterocycles. The van der Waals surface area contributed by atoms with Crippen LogP contribution in [-0.2, 0) is 0 Å². The molecule has 10 rings (SSSR count). The second-order valence-corrected chi connectivity index (χ2v) is 14.5. The lowest BCUT2D eigenvalue weighted by atomic mass is 10.0. The molecule has 0 amide bonds. The van der Waals surface area contributed by atoms with Gasteiger partial charge in [-0.15, -0.1) is 0 Å². The molecule has 6 nitrogen and oxygen atoms in total. The van der Waals surface area contributed by atoms with Crippen LogP contribution in [0.25, 0.3) is 90.3 Å². The van der Waals surface area contributed by atoms with Gasteiger partial charge in [0.2, 0.25) is 0 Å². The van der Waals surface area contributed by atoms with Crippen LogP contribution < -0.4 is 0 Å². The van der Waals surface area contributed by atoms with E-state index in [0.717, 1.165) is 67.5 Å². The molecule has 0 aliphatic heterocycles. The van der Waals surface area contributed by atoms with Crippen LogP contribution in [0.3, 0.4) is 0 Å². The van der Waals surface area contributed by atoms with Crippen LogP contribution in [0.4, 0.5) is 0 Å². The van der Waals surface area contributed by atoms with Gasteiger partial charge >= 0.3 is 0 Å². The van der Waals surface area contributed by atoms with Crippen molar-refractivity contribution in [2.75, 3.05) is 0 Å². The molecule has 10 aromatic rings. The average molecular weight is 775 g/mol. The van der Waals surface area contributed by atoms with Gasteiger partial charge in [0.25, 0.3) is 0 Å². The Bertz CT molecular complexity index is 2850. The molecule has 0 unspecified atom stereocenters. The van der Waals surface area contributed by atoms with Crippen molar-refractivity contribution in [1.29, 1.82) is 0 Å². The number of imidazole rings is 2. The Hall–Kier alpha value is -8.22. The molecule has 6 heteroatoms. The van der Waals surface area contributed by atoms with E-state index in [9.17, 15) is 10.2 Å². The number of hydrogen-bond donors (Lipinski definition) is 2. The van der Waals surface area contributed by atoms with Gasteiger partial charge in [-0.3, -0.25) is 9.13 Å². The highest BCUT2D eigenvalue weighted by atomic mass is 16.3. The van der Waals surface area contributed by atoms with E-state index in [1.807, 2.05) is 109 Å². The Morgan fingerprint density at radius 2 is 0.583 bits per heavy atom. The number of phenols is 2. The van der Waals surface area contributed by atoms with Crippen molar-refractivity contribution in [2.24, 2.45) is 0 Å². The largest absolute Gasteiger partial charge is 0.507 e. The molecule has 0 saturated heterocycles. The van der Waals surface area contributed by atoms with Crippen molar-refractivity contribution >= 4 is 0 Å². The molecule has 0 aliphatic rings. The first-order chi connectivity index (χ1) is 29.6. The number of hydrogen-bond acceptors (Lipinski definition) is 4. The summed E-state index contributed by atoms with van der Waals surface area (Å²) in [6, 6.07) is 72.6. The highest BCUT2D eigenvalue weighted by Gasteiger charge is 2.25. The first-order valence-corrected chi connectivity index (χ1v) is 19.9. The molecule has 0 atom stereocenters. The second-order valence-electron chi connectivity index (χ2n) is 14.5. The molecule has 0 radical (unpaired) electrons.